The van der Waals surface area contributed by atoms with E-state index in [0.717, 1.165) is 5.56 Å². The van der Waals surface area contributed by atoms with E-state index in [1.807, 2.05) is 27.1 Å². The summed E-state index contributed by atoms with van der Waals surface area (Å²) in [5.41, 5.74) is 1.02. The fourth-order valence-corrected chi connectivity index (χ4v) is 1.50. The molecule has 0 saturated heterocycles. The van der Waals surface area contributed by atoms with Crippen molar-refractivity contribution in [2.45, 2.75) is 13.5 Å². The molecular formula is C11H18N2O2. The van der Waals surface area contributed by atoms with Crippen LogP contribution in [0.2, 0.25) is 0 Å². The van der Waals surface area contributed by atoms with E-state index in [1.165, 1.54) is 0 Å². The van der Waals surface area contributed by atoms with Crippen LogP contribution in [-0.2, 0) is 11.3 Å². The van der Waals surface area contributed by atoms with Crippen LogP contribution in [0.25, 0.3) is 0 Å². The molecule has 1 atom stereocenters. The molecule has 1 rings (SSSR count). The fourth-order valence-electron chi connectivity index (χ4n) is 1.50. The summed E-state index contributed by atoms with van der Waals surface area (Å²) in [6.45, 7) is 3.22. The summed E-state index contributed by atoms with van der Waals surface area (Å²) in [6, 6.07) is 1.87. The third-order valence-electron chi connectivity index (χ3n) is 2.31. The minimum absolute atomic E-state index is 0.00639. The molecule has 1 heterocycles. The van der Waals surface area contributed by atoms with Crippen molar-refractivity contribution < 1.29 is 9.21 Å². The summed E-state index contributed by atoms with van der Waals surface area (Å²) in [5.74, 6) is 0.150. The number of nitrogens with one attached hydrogen (secondary N) is 1. The first-order valence-corrected chi connectivity index (χ1v) is 5.05. The van der Waals surface area contributed by atoms with Crippen molar-refractivity contribution in [3.63, 3.8) is 0 Å². The summed E-state index contributed by atoms with van der Waals surface area (Å²) in [5, 5.41) is 3.00. The summed E-state index contributed by atoms with van der Waals surface area (Å²) >= 11 is 0. The lowest BCUT2D eigenvalue weighted by Gasteiger charge is -2.20. The Morgan fingerprint density at radius 1 is 1.67 bits per heavy atom. The van der Waals surface area contributed by atoms with E-state index in [-0.39, 0.29) is 11.8 Å². The molecule has 0 fully saturated rings. The second kappa shape index (κ2) is 5.56. The molecule has 0 bridgehead atoms. The first-order chi connectivity index (χ1) is 7.15. The summed E-state index contributed by atoms with van der Waals surface area (Å²) in [4.78, 5) is 13.5. The minimum Gasteiger partial charge on any atom is -0.472 e. The number of hydrogen-bond donors (Lipinski definition) is 1. The Labute approximate surface area is 90.3 Å². The van der Waals surface area contributed by atoms with E-state index < -0.39 is 0 Å². The maximum Gasteiger partial charge on any atom is 0.226 e. The van der Waals surface area contributed by atoms with E-state index >= 15 is 0 Å². The number of rotatable bonds is 5. The molecule has 4 nitrogen and oxygen atoms in total. The van der Waals surface area contributed by atoms with Crippen LogP contribution < -0.4 is 5.32 Å². The molecular weight excluding hydrogens is 192 g/mol. The molecule has 1 aromatic heterocycles. The van der Waals surface area contributed by atoms with Crippen LogP contribution in [-0.4, -0.2) is 31.4 Å². The van der Waals surface area contributed by atoms with Gasteiger partial charge in [0.2, 0.25) is 5.91 Å². The minimum atomic E-state index is 0.00639. The van der Waals surface area contributed by atoms with E-state index in [4.69, 9.17) is 4.42 Å². The molecule has 0 aromatic carbocycles. The van der Waals surface area contributed by atoms with Gasteiger partial charge in [0.25, 0.3) is 0 Å². The van der Waals surface area contributed by atoms with Gasteiger partial charge in [-0.05, 0) is 13.1 Å². The second-order valence-electron chi connectivity index (χ2n) is 3.78. The lowest BCUT2D eigenvalue weighted by Crippen LogP contribution is -2.35. The zero-order chi connectivity index (χ0) is 11.3. The van der Waals surface area contributed by atoms with Crippen molar-refractivity contribution in [3.05, 3.63) is 24.2 Å². The lowest BCUT2D eigenvalue weighted by molar-refractivity contribution is -0.134. The van der Waals surface area contributed by atoms with E-state index in [0.29, 0.717) is 13.1 Å². The Morgan fingerprint density at radius 3 is 2.93 bits per heavy atom. The first-order valence-electron chi connectivity index (χ1n) is 5.05. The highest BCUT2D eigenvalue weighted by atomic mass is 16.3. The summed E-state index contributed by atoms with van der Waals surface area (Å²) in [7, 11) is 3.65. The van der Waals surface area contributed by atoms with Crippen molar-refractivity contribution in [3.8, 4) is 0 Å². The van der Waals surface area contributed by atoms with Gasteiger partial charge in [-0.2, -0.15) is 0 Å². The average Bonchev–Trinajstić information content (AvgIpc) is 2.69. The van der Waals surface area contributed by atoms with E-state index in [2.05, 4.69) is 5.32 Å². The molecule has 0 saturated carbocycles. The van der Waals surface area contributed by atoms with Gasteiger partial charge in [-0.3, -0.25) is 4.79 Å². The number of carbonyl (C=O) groups is 1. The summed E-state index contributed by atoms with van der Waals surface area (Å²) in [6.07, 6.45) is 3.27. The highest BCUT2D eigenvalue weighted by Crippen LogP contribution is 2.07. The Hall–Kier alpha value is -1.29. The van der Waals surface area contributed by atoms with Gasteiger partial charge in [0, 0.05) is 31.6 Å². The third-order valence-corrected chi connectivity index (χ3v) is 2.31. The SMILES string of the molecule is CNCC(C)C(=O)N(C)Cc1ccoc1. The zero-order valence-corrected chi connectivity index (χ0v) is 9.49. The number of nitrogens with zero attached hydrogens (tertiary/aromatic N) is 1. The van der Waals surface area contributed by atoms with Crippen molar-refractivity contribution in [1.82, 2.24) is 10.2 Å². The Balaban J connectivity index is 2.46. The molecule has 0 aliphatic carbocycles. The van der Waals surface area contributed by atoms with Gasteiger partial charge in [-0.25, -0.2) is 0 Å². The monoisotopic (exact) mass is 210 g/mol. The Bertz CT molecular complexity index is 296. The molecule has 84 valence electrons. The molecule has 1 unspecified atom stereocenters. The fraction of sp³-hybridized carbons (Fsp3) is 0.545. The molecule has 0 spiro atoms. The van der Waals surface area contributed by atoms with Crippen LogP contribution in [0.3, 0.4) is 0 Å². The molecule has 0 radical (unpaired) electrons. The van der Waals surface area contributed by atoms with Crippen molar-refractivity contribution in [2.75, 3.05) is 20.6 Å². The van der Waals surface area contributed by atoms with Gasteiger partial charge >= 0.3 is 0 Å². The largest absolute Gasteiger partial charge is 0.472 e. The molecule has 0 aliphatic heterocycles. The highest BCUT2D eigenvalue weighted by molar-refractivity contribution is 5.78. The van der Waals surface area contributed by atoms with Crippen LogP contribution in [0.1, 0.15) is 12.5 Å². The lowest BCUT2D eigenvalue weighted by atomic mass is 10.1. The van der Waals surface area contributed by atoms with Crippen LogP contribution in [0.4, 0.5) is 0 Å². The van der Waals surface area contributed by atoms with Gasteiger partial charge in [0.05, 0.1) is 12.5 Å². The van der Waals surface area contributed by atoms with Gasteiger partial charge in [-0.1, -0.05) is 6.92 Å². The predicted molar refractivity (Wildman–Crippen MR) is 58.3 cm³/mol. The zero-order valence-electron chi connectivity index (χ0n) is 9.49. The molecule has 0 aliphatic rings. The molecule has 4 heteroatoms. The topological polar surface area (TPSA) is 45.5 Å². The van der Waals surface area contributed by atoms with E-state index in [1.54, 1.807) is 17.4 Å². The van der Waals surface area contributed by atoms with Crippen LogP contribution in [0, 0.1) is 5.92 Å². The maximum absolute atomic E-state index is 11.8. The number of carbonyl (C=O) groups excluding carboxylic acids is 1. The van der Waals surface area contributed by atoms with Crippen molar-refractivity contribution in [1.29, 1.82) is 0 Å². The predicted octanol–water partition coefficient (Wildman–Crippen LogP) is 1.09. The van der Waals surface area contributed by atoms with Gasteiger partial charge in [0.15, 0.2) is 0 Å². The highest BCUT2D eigenvalue weighted by Gasteiger charge is 2.16. The van der Waals surface area contributed by atoms with Crippen LogP contribution in [0.5, 0.6) is 0 Å². The van der Waals surface area contributed by atoms with Gasteiger partial charge < -0.3 is 14.6 Å². The smallest absolute Gasteiger partial charge is 0.226 e. The normalized spacial score (nSPS) is 12.5. The maximum atomic E-state index is 11.8. The molecule has 15 heavy (non-hydrogen) atoms. The van der Waals surface area contributed by atoms with Crippen molar-refractivity contribution >= 4 is 5.91 Å². The van der Waals surface area contributed by atoms with E-state index in [9.17, 15) is 4.79 Å². The van der Waals surface area contributed by atoms with Gasteiger partial charge in [0.1, 0.15) is 0 Å². The van der Waals surface area contributed by atoms with Crippen LogP contribution >= 0.6 is 0 Å². The standard InChI is InChI=1S/C11H18N2O2/c1-9(6-12-2)11(14)13(3)7-10-4-5-15-8-10/h4-5,8-9,12H,6-7H2,1-3H3. The molecule has 1 amide bonds. The number of amides is 1. The Morgan fingerprint density at radius 2 is 2.40 bits per heavy atom. The number of furan rings is 1. The van der Waals surface area contributed by atoms with Gasteiger partial charge in [-0.15, -0.1) is 0 Å². The summed E-state index contributed by atoms with van der Waals surface area (Å²) < 4.78 is 4.95. The van der Waals surface area contributed by atoms with Crippen LogP contribution in [0.15, 0.2) is 23.0 Å². The average molecular weight is 210 g/mol. The number of hydrogen-bond acceptors (Lipinski definition) is 3. The second-order valence-corrected chi connectivity index (χ2v) is 3.78. The quantitative estimate of drug-likeness (QED) is 0.791. The molecule has 1 aromatic rings. The first kappa shape index (κ1) is 11.8. The van der Waals surface area contributed by atoms with Crippen molar-refractivity contribution in [2.24, 2.45) is 5.92 Å². The Kier molecular flexibility index (Phi) is 4.37. The third kappa shape index (κ3) is 3.40. The molecule has 1 N–H and O–H groups in total.